The fraction of sp³-hybridized carbons (Fsp3) is 0.917. The minimum atomic E-state index is 0.319. The van der Waals surface area contributed by atoms with E-state index >= 15 is 0 Å². The van der Waals surface area contributed by atoms with Crippen molar-refractivity contribution in [2.45, 2.75) is 58.9 Å². The molecule has 0 aromatic carbocycles. The van der Waals surface area contributed by atoms with Crippen LogP contribution in [0.3, 0.4) is 0 Å². The molecular weight excluding hydrogens is 254 g/mol. The molecule has 0 atom stereocenters. The third-order valence-electron chi connectivity index (χ3n) is 2.47. The van der Waals surface area contributed by atoms with E-state index in [0.717, 1.165) is 31.1 Å². The number of amides is 1. The Labute approximate surface area is 103 Å². The largest absolute Gasteiger partial charge is 0.340 e. The van der Waals surface area contributed by atoms with Crippen molar-refractivity contribution in [1.29, 1.82) is 0 Å². The molecule has 2 nitrogen and oxygen atoms in total. The molecule has 0 saturated heterocycles. The predicted molar refractivity (Wildman–Crippen MR) is 69.4 cm³/mol. The van der Waals surface area contributed by atoms with Gasteiger partial charge in [-0.2, -0.15) is 0 Å². The van der Waals surface area contributed by atoms with Gasteiger partial charge in [0.15, 0.2) is 0 Å². The first-order valence-corrected chi connectivity index (χ1v) is 7.11. The number of halogens is 1. The lowest BCUT2D eigenvalue weighted by Crippen LogP contribution is -2.37. The Hall–Kier alpha value is -0.0500. The van der Waals surface area contributed by atoms with Crippen molar-refractivity contribution in [3.8, 4) is 0 Å². The standard InChI is InChI=1S/C12H24BrNO/c1-4-5-6-8-12(15)14(11(2)3)10-7-9-13/h11H,4-10H2,1-3H3. The molecule has 0 aliphatic heterocycles. The first-order valence-electron chi connectivity index (χ1n) is 5.98. The van der Waals surface area contributed by atoms with E-state index in [1.165, 1.54) is 6.42 Å². The zero-order valence-electron chi connectivity index (χ0n) is 10.3. The Kier molecular flexibility index (Phi) is 9.17. The highest BCUT2D eigenvalue weighted by atomic mass is 79.9. The summed E-state index contributed by atoms with van der Waals surface area (Å²) in [5.74, 6) is 0.319. The molecule has 0 aromatic rings. The van der Waals surface area contributed by atoms with E-state index in [9.17, 15) is 4.79 Å². The van der Waals surface area contributed by atoms with Crippen LogP contribution in [-0.2, 0) is 4.79 Å². The number of unbranched alkanes of at least 4 members (excludes halogenated alkanes) is 2. The van der Waals surface area contributed by atoms with Crippen molar-refractivity contribution in [1.82, 2.24) is 4.90 Å². The van der Waals surface area contributed by atoms with Gasteiger partial charge in [-0.3, -0.25) is 4.79 Å². The van der Waals surface area contributed by atoms with Crippen molar-refractivity contribution >= 4 is 21.8 Å². The van der Waals surface area contributed by atoms with Gasteiger partial charge in [0, 0.05) is 24.3 Å². The SMILES string of the molecule is CCCCCC(=O)N(CCCBr)C(C)C. The number of alkyl halides is 1. The maximum absolute atomic E-state index is 11.9. The smallest absolute Gasteiger partial charge is 0.222 e. The van der Waals surface area contributed by atoms with Gasteiger partial charge in [-0.15, -0.1) is 0 Å². The quantitative estimate of drug-likeness (QED) is 0.491. The number of nitrogens with zero attached hydrogens (tertiary/aromatic N) is 1. The fourth-order valence-corrected chi connectivity index (χ4v) is 1.82. The second-order valence-electron chi connectivity index (χ2n) is 4.18. The van der Waals surface area contributed by atoms with E-state index in [1.54, 1.807) is 0 Å². The second kappa shape index (κ2) is 9.20. The summed E-state index contributed by atoms with van der Waals surface area (Å²) in [6.45, 7) is 7.22. The van der Waals surface area contributed by atoms with E-state index in [2.05, 4.69) is 36.7 Å². The minimum absolute atomic E-state index is 0.319. The first-order chi connectivity index (χ1) is 7.13. The monoisotopic (exact) mass is 277 g/mol. The number of carbonyl (C=O) groups excluding carboxylic acids is 1. The maximum atomic E-state index is 11.9. The Morgan fingerprint density at radius 3 is 2.40 bits per heavy atom. The van der Waals surface area contributed by atoms with Crippen molar-refractivity contribution in [3.05, 3.63) is 0 Å². The number of rotatable bonds is 8. The Morgan fingerprint density at radius 1 is 1.27 bits per heavy atom. The summed E-state index contributed by atoms with van der Waals surface area (Å²) in [5.41, 5.74) is 0. The molecule has 0 N–H and O–H groups in total. The highest BCUT2D eigenvalue weighted by Crippen LogP contribution is 2.08. The summed E-state index contributed by atoms with van der Waals surface area (Å²) >= 11 is 3.40. The topological polar surface area (TPSA) is 20.3 Å². The number of hydrogen-bond acceptors (Lipinski definition) is 1. The molecule has 90 valence electrons. The molecule has 15 heavy (non-hydrogen) atoms. The Morgan fingerprint density at radius 2 is 1.93 bits per heavy atom. The number of carbonyl (C=O) groups is 1. The molecule has 0 heterocycles. The average Bonchev–Trinajstić information content (AvgIpc) is 2.18. The van der Waals surface area contributed by atoms with Crippen molar-refractivity contribution in [3.63, 3.8) is 0 Å². The molecule has 1 amide bonds. The van der Waals surface area contributed by atoms with Gasteiger partial charge in [-0.05, 0) is 26.7 Å². The van der Waals surface area contributed by atoms with Gasteiger partial charge < -0.3 is 4.90 Å². The van der Waals surface area contributed by atoms with Crippen LogP contribution in [0.15, 0.2) is 0 Å². The van der Waals surface area contributed by atoms with E-state index in [4.69, 9.17) is 0 Å². The molecule has 0 radical (unpaired) electrons. The molecule has 0 saturated carbocycles. The highest BCUT2D eigenvalue weighted by Gasteiger charge is 2.15. The molecule has 0 rings (SSSR count). The normalized spacial score (nSPS) is 10.7. The van der Waals surface area contributed by atoms with Gasteiger partial charge in [0.1, 0.15) is 0 Å². The molecule has 3 heteroatoms. The maximum Gasteiger partial charge on any atom is 0.222 e. The van der Waals surface area contributed by atoms with Crippen LogP contribution in [0.4, 0.5) is 0 Å². The van der Waals surface area contributed by atoms with Crippen LogP contribution < -0.4 is 0 Å². The van der Waals surface area contributed by atoms with Crippen LogP contribution in [0.1, 0.15) is 52.9 Å². The molecule has 0 aliphatic rings. The van der Waals surface area contributed by atoms with Crippen LogP contribution >= 0.6 is 15.9 Å². The molecule has 0 bridgehead atoms. The van der Waals surface area contributed by atoms with Gasteiger partial charge in [0.25, 0.3) is 0 Å². The lowest BCUT2D eigenvalue weighted by Gasteiger charge is -2.26. The summed E-state index contributed by atoms with van der Waals surface area (Å²) in [4.78, 5) is 13.9. The molecule has 0 fully saturated rings. The third kappa shape index (κ3) is 6.93. The molecule has 0 spiro atoms. The highest BCUT2D eigenvalue weighted by molar-refractivity contribution is 9.09. The van der Waals surface area contributed by atoms with Gasteiger partial charge in [-0.1, -0.05) is 35.7 Å². The molecule has 0 aliphatic carbocycles. The van der Waals surface area contributed by atoms with Crippen LogP contribution in [0.2, 0.25) is 0 Å². The molecule has 0 aromatic heterocycles. The van der Waals surface area contributed by atoms with Gasteiger partial charge >= 0.3 is 0 Å². The van der Waals surface area contributed by atoms with Crippen LogP contribution in [-0.4, -0.2) is 28.7 Å². The number of hydrogen-bond donors (Lipinski definition) is 0. The summed E-state index contributed by atoms with van der Waals surface area (Å²) in [6.07, 6.45) is 5.13. The van der Waals surface area contributed by atoms with Gasteiger partial charge in [0.2, 0.25) is 5.91 Å². The molecule has 0 unspecified atom stereocenters. The van der Waals surface area contributed by atoms with Crippen LogP contribution in [0, 0.1) is 0 Å². The Balaban J connectivity index is 3.93. The van der Waals surface area contributed by atoms with E-state index in [0.29, 0.717) is 18.4 Å². The van der Waals surface area contributed by atoms with E-state index in [1.807, 2.05) is 4.90 Å². The van der Waals surface area contributed by atoms with Crippen molar-refractivity contribution < 1.29 is 4.79 Å². The summed E-state index contributed by atoms with van der Waals surface area (Å²) in [7, 11) is 0. The first kappa shape index (κ1) is 14.9. The van der Waals surface area contributed by atoms with E-state index < -0.39 is 0 Å². The van der Waals surface area contributed by atoms with Gasteiger partial charge in [-0.25, -0.2) is 0 Å². The zero-order valence-corrected chi connectivity index (χ0v) is 11.8. The fourth-order valence-electron chi connectivity index (χ4n) is 1.57. The predicted octanol–water partition coefficient (Wildman–Crippen LogP) is 3.59. The van der Waals surface area contributed by atoms with Crippen molar-refractivity contribution in [2.24, 2.45) is 0 Å². The minimum Gasteiger partial charge on any atom is -0.340 e. The van der Waals surface area contributed by atoms with Gasteiger partial charge in [0.05, 0.1) is 0 Å². The average molecular weight is 278 g/mol. The van der Waals surface area contributed by atoms with Crippen LogP contribution in [0.5, 0.6) is 0 Å². The van der Waals surface area contributed by atoms with Crippen molar-refractivity contribution in [2.75, 3.05) is 11.9 Å². The molecular formula is C12H24BrNO. The summed E-state index contributed by atoms with van der Waals surface area (Å²) < 4.78 is 0. The second-order valence-corrected chi connectivity index (χ2v) is 4.97. The zero-order chi connectivity index (χ0) is 11.7. The third-order valence-corrected chi connectivity index (χ3v) is 3.03. The Bertz CT molecular complexity index is 171. The summed E-state index contributed by atoms with van der Waals surface area (Å²) in [6, 6.07) is 0.332. The van der Waals surface area contributed by atoms with E-state index in [-0.39, 0.29) is 0 Å². The van der Waals surface area contributed by atoms with Crippen LogP contribution in [0.25, 0.3) is 0 Å². The lowest BCUT2D eigenvalue weighted by molar-refractivity contribution is -0.133. The lowest BCUT2D eigenvalue weighted by atomic mass is 10.1. The summed E-state index contributed by atoms with van der Waals surface area (Å²) in [5, 5.41) is 0.971.